The summed E-state index contributed by atoms with van der Waals surface area (Å²) in [4.78, 5) is 0.156. The van der Waals surface area contributed by atoms with Crippen molar-refractivity contribution in [3.8, 4) is 0 Å². The molecule has 1 aromatic heterocycles. The Bertz CT molecular complexity index is 683. The SMILES string of the molecule is CC[C@@H](c1ccco1)C(CO)NS(=O)(=O)c1ccc(Br)cc1. The Morgan fingerprint density at radius 2 is 1.95 bits per heavy atom. The van der Waals surface area contributed by atoms with Crippen LogP contribution in [0.2, 0.25) is 0 Å². The molecule has 120 valence electrons. The number of aliphatic hydroxyl groups is 1. The minimum atomic E-state index is -3.71. The summed E-state index contributed by atoms with van der Waals surface area (Å²) < 4.78 is 33.6. The van der Waals surface area contributed by atoms with E-state index in [4.69, 9.17) is 4.42 Å². The number of nitrogens with one attached hydrogen (secondary N) is 1. The van der Waals surface area contributed by atoms with E-state index >= 15 is 0 Å². The van der Waals surface area contributed by atoms with Crippen molar-refractivity contribution < 1.29 is 17.9 Å². The second-order valence-corrected chi connectivity index (χ2v) is 7.52. The molecular weight excluding hydrogens is 370 g/mol. The van der Waals surface area contributed by atoms with Gasteiger partial charge in [-0.15, -0.1) is 0 Å². The topological polar surface area (TPSA) is 79.5 Å². The highest BCUT2D eigenvalue weighted by Crippen LogP contribution is 2.25. The van der Waals surface area contributed by atoms with Crippen molar-refractivity contribution >= 4 is 26.0 Å². The van der Waals surface area contributed by atoms with Crippen LogP contribution < -0.4 is 4.72 Å². The molecule has 2 N–H and O–H groups in total. The molecule has 1 aromatic carbocycles. The summed E-state index contributed by atoms with van der Waals surface area (Å²) in [6.45, 7) is 1.61. The van der Waals surface area contributed by atoms with Crippen LogP contribution in [0.3, 0.4) is 0 Å². The first-order valence-electron chi connectivity index (χ1n) is 6.90. The van der Waals surface area contributed by atoms with Crippen LogP contribution in [0, 0.1) is 0 Å². The molecule has 0 bridgehead atoms. The largest absolute Gasteiger partial charge is 0.469 e. The number of sulfonamides is 1. The second-order valence-electron chi connectivity index (χ2n) is 4.89. The number of furan rings is 1. The van der Waals surface area contributed by atoms with Gasteiger partial charge < -0.3 is 9.52 Å². The van der Waals surface area contributed by atoms with E-state index in [0.29, 0.717) is 12.2 Å². The average Bonchev–Trinajstić information content (AvgIpc) is 3.01. The highest BCUT2D eigenvalue weighted by molar-refractivity contribution is 9.10. The molecule has 5 nitrogen and oxygen atoms in total. The van der Waals surface area contributed by atoms with Crippen LogP contribution in [0.25, 0.3) is 0 Å². The fraction of sp³-hybridized carbons (Fsp3) is 0.333. The van der Waals surface area contributed by atoms with E-state index in [1.165, 1.54) is 18.4 Å². The van der Waals surface area contributed by atoms with Gasteiger partial charge in [-0.05, 0) is 42.8 Å². The lowest BCUT2D eigenvalue weighted by atomic mass is 9.95. The van der Waals surface area contributed by atoms with Gasteiger partial charge in [-0.25, -0.2) is 13.1 Å². The molecular formula is C15H18BrNO4S. The van der Waals surface area contributed by atoms with E-state index in [9.17, 15) is 13.5 Å². The number of hydrogen-bond acceptors (Lipinski definition) is 4. The number of aliphatic hydroxyl groups excluding tert-OH is 1. The Morgan fingerprint density at radius 3 is 2.45 bits per heavy atom. The Hall–Kier alpha value is -1.15. The first-order chi connectivity index (χ1) is 10.5. The van der Waals surface area contributed by atoms with E-state index in [0.717, 1.165) is 4.47 Å². The van der Waals surface area contributed by atoms with Crippen LogP contribution in [0.15, 0.2) is 56.4 Å². The van der Waals surface area contributed by atoms with Gasteiger partial charge in [-0.2, -0.15) is 0 Å². The molecule has 0 aliphatic rings. The molecule has 22 heavy (non-hydrogen) atoms. The Balaban J connectivity index is 2.23. The smallest absolute Gasteiger partial charge is 0.240 e. The maximum atomic E-state index is 12.4. The lowest BCUT2D eigenvalue weighted by Gasteiger charge is -2.23. The van der Waals surface area contributed by atoms with Gasteiger partial charge in [0, 0.05) is 10.4 Å². The summed E-state index contributed by atoms with van der Waals surface area (Å²) >= 11 is 3.27. The summed E-state index contributed by atoms with van der Waals surface area (Å²) in [7, 11) is -3.71. The van der Waals surface area contributed by atoms with Crippen molar-refractivity contribution in [1.29, 1.82) is 0 Å². The van der Waals surface area contributed by atoms with E-state index in [-0.39, 0.29) is 17.4 Å². The van der Waals surface area contributed by atoms with Gasteiger partial charge in [0.2, 0.25) is 10.0 Å². The molecule has 2 aromatic rings. The molecule has 7 heteroatoms. The minimum absolute atomic E-state index is 0.156. The molecule has 2 rings (SSSR count). The van der Waals surface area contributed by atoms with Gasteiger partial charge in [0.05, 0.1) is 23.8 Å². The highest BCUT2D eigenvalue weighted by Gasteiger charge is 2.28. The summed E-state index contributed by atoms with van der Waals surface area (Å²) in [5, 5.41) is 9.60. The predicted octanol–water partition coefficient (Wildman–Crippen LogP) is 2.88. The number of hydrogen-bond donors (Lipinski definition) is 2. The van der Waals surface area contributed by atoms with Gasteiger partial charge in [-0.1, -0.05) is 22.9 Å². The van der Waals surface area contributed by atoms with Crippen molar-refractivity contribution in [2.24, 2.45) is 0 Å². The molecule has 0 radical (unpaired) electrons. The second kappa shape index (κ2) is 7.41. The van der Waals surface area contributed by atoms with Crippen molar-refractivity contribution in [3.63, 3.8) is 0 Å². The van der Waals surface area contributed by atoms with E-state index < -0.39 is 16.1 Å². The van der Waals surface area contributed by atoms with Crippen molar-refractivity contribution in [1.82, 2.24) is 4.72 Å². The van der Waals surface area contributed by atoms with Crippen LogP contribution in [-0.2, 0) is 10.0 Å². The quantitative estimate of drug-likeness (QED) is 0.765. The molecule has 0 saturated carbocycles. The summed E-state index contributed by atoms with van der Waals surface area (Å²) in [5.74, 6) is 0.422. The zero-order valence-electron chi connectivity index (χ0n) is 12.1. The fourth-order valence-electron chi connectivity index (χ4n) is 2.31. The first kappa shape index (κ1) is 17.2. The summed E-state index contributed by atoms with van der Waals surface area (Å²) in [6.07, 6.45) is 2.18. The van der Waals surface area contributed by atoms with Gasteiger partial charge in [0.15, 0.2) is 0 Å². The van der Waals surface area contributed by atoms with Gasteiger partial charge in [0.1, 0.15) is 5.76 Å². The standard InChI is InChI=1S/C15H18BrNO4S/c1-2-13(15-4-3-9-21-15)14(10-18)17-22(19,20)12-7-5-11(16)6-8-12/h3-9,13-14,17-18H,2,10H2,1H3/t13-,14?/m1/s1. The zero-order valence-corrected chi connectivity index (χ0v) is 14.5. The fourth-order valence-corrected chi connectivity index (χ4v) is 3.85. The number of rotatable bonds is 7. The highest BCUT2D eigenvalue weighted by atomic mass is 79.9. The third kappa shape index (κ3) is 3.98. The van der Waals surface area contributed by atoms with E-state index in [1.807, 2.05) is 6.92 Å². The minimum Gasteiger partial charge on any atom is -0.469 e. The molecule has 1 unspecified atom stereocenters. The molecule has 0 fully saturated rings. The predicted molar refractivity (Wildman–Crippen MR) is 87.1 cm³/mol. The molecule has 0 aliphatic carbocycles. The Kier molecular flexibility index (Phi) is 5.80. The lowest BCUT2D eigenvalue weighted by Crippen LogP contribution is -2.41. The van der Waals surface area contributed by atoms with Gasteiger partial charge >= 0.3 is 0 Å². The molecule has 2 atom stereocenters. The van der Waals surface area contributed by atoms with Gasteiger partial charge in [0.25, 0.3) is 0 Å². The van der Waals surface area contributed by atoms with Crippen LogP contribution in [-0.4, -0.2) is 26.2 Å². The summed E-state index contributed by atoms with van der Waals surface area (Å²) in [5.41, 5.74) is 0. The van der Waals surface area contributed by atoms with Crippen LogP contribution in [0.5, 0.6) is 0 Å². The molecule has 1 heterocycles. The number of benzene rings is 1. The third-order valence-corrected chi connectivity index (χ3v) is 5.50. The molecule has 0 amide bonds. The number of halogens is 1. The van der Waals surface area contributed by atoms with Gasteiger partial charge in [-0.3, -0.25) is 0 Å². The molecule has 0 spiro atoms. The molecule has 0 saturated heterocycles. The third-order valence-electron chi connectivity index (χ3n) is 3.46. The Morgan fingerprint density at radius 1 is 1.27 bits per heavy atom. The first-order valence-corrected chi connectivity index (χ1v) is 9.17. The van der Waals surface area contributed by atoms with Crippen LogP contribution in [0.4, 0.5) is 0 Å². The Labute approximate surface area is 138 Å². The molecule has 0 aliphatic heterocycles. The van der Waals surface area contributed by atoms with Crippen molar-refractivity contribution in [2.45, 2.75) is 30.2 Å². The maximum absolute atomic E-state index is 12.4. The zero-order chi connectivity index (χ0) is 16.2. The van der Waals surface area contributed by atoms with Crippen LogP contribution >= 0.6 is 15.9 Å². The van der Waals surface area contributed by atoms with E-state index in [2.05, 4.69) is 20.7 Å². The van der Waals surface area contributed by atoms with Crippen molar-refractivity contribution in [2.75, 3.05) is 6.61 Å². The van der Waals surface area contributed by atoms with E-state index in [1.54, 1.807) is 24.3 Å². The van der Waals surface area contributed by atoms with Crippen molar-refractivity contribution in [3.05, 3.63) is 52.9 Å². The average molecular weight is 388 g/mol. The lowest BCUT2D eigenvalue weighted by molar-refractivity contribution is 0.227. The van der Waals surface area contributed by atoms with Crippen LogP contribution in [0.1, 0.15) is 25.0 Å². The monoisotopic (exact) mass is 387 g/mol. The summed E-state index contributed by atoms with van der Waals surface area (Å²) in [6, 6.07) is 9.22. The normalized spacial score (nSPS) is 14.7. The maximum Gasteiger partial charge on any atom is 0.240 e.